The second-order valence-corrected chi connectivity index (χ2v) is 4.16. The topological polar surface area (TPSA) is 57.6 Å². The van der Waals surface area contributed by atoms with E-state index in [0.717, 1.165) is 31.9 Å². The van der Waals surface area contributed by atoms with E-state index in [2.05, 4.69) is 11.6 Å². The van der Waals surface area contributed by atoms with Crippen molar-refractivity contribution >= 4 is 0 Å². The number of diazo groups is 1. The third-order valence-electron chi connectivity index (χ3n) is 3.32. The van der Waals surface area contributed by atoms with Gasteiger partial charge in [-0.3, -0.25) is 0 Å². The van der Waals surface area contributed by atoms with Gasteiger partial charge in [0.15, 0.2) is 10.7 Å². The number of allylic oxidation sites excluding steroid dienone is 1. The molecule has 0 heterocycles. The Bertz CT molecular complexity index is 307. The van der Waals surface area contributed by atoms with Crippen LogP contribution in [0, 0.1) is 17.2 Å². The molecule has 0 aromatic heterocycles. The lowest BCUT2D eigenvalue weighted by molar-refractivity contribution is 0.0398. The van der Waals surface area contributed by atoms with Crippen LogP contribution in [-0.4, -0.2) is 18.3 Å². The zero-order chi connectivity index (χ0) is 12.0. The van der Waals surface area contributed by atoms with Crippen LogP contribution in [0.15, 0.2) is 24.6 Å². The number of hydrogen-bond acceptors (Lipinski definition) is 3. The van der Waals surface area contributed by atoms with Gasteiger partial charge in [0, 0.05) is 13.0 Å². The van der Waals surface area contributed by atoms with Crippen LogP contribution in [0.3, 0.4) is 0 Å². The molecule has 0 aliphatic heterocycles. The summed E-state index contributed by atoms with van der Waals surface area (Å²) in [6.07, 6.45) is 6.94. The second kappa shape index (κ2) is 6.29. The van der Waals surface area contributed by atoms with Gasteiger partial charge in [0.05, 0.1) is 6.10 Å². The predicted octanol–water partition coefficient (Wildman–Crippen LogP) is 3.25. The van der Waals surface area contributed by atoms with Gasteiger partial charge in [-0.1, -0.05) is 18.9 Å². The van der Waals surface area contributed by atoms with Crippen LogP contribution in [0.1, 0.15) is 25.7 Å². The SMILES string of the molecule is C=C[C@H](OC)[C@H]1CCCC[C@@H]1/C(O)=C/[N+]#N. The molecule has 0 radical (unpaired) electrons. The van der Waals surface area contributed by atoms with Crippen LogP contribution >= 0.6 is 0 Å². The molecule has 4 nitrogen and oxygen atoms in total. The fraction of sp³-hybridized carbons (Fsp3) is 0.667. The van der Waals surface area contributed by atoms with Gasteiger partial charge in [0.2, 0.25) is 5.39 Å². The molecule has 0 spiro atoms. The molecule has 4 heteroatoms. The van der Waals surface area contributed by atoms with Gasteiger partial charge in [0.1, 0.15) is 0 Å². The van der Waals surface area contributed by atoms with Crippen LogP contribution in [-0.2, 0) is 4.74 Å². The number of aliphatic hydroxyl groups excluding tert-OH is 1. The minimum Gasteiger partial charge on any atom is -0.505 e. The van der Waals surface area contributed by atoms with Gasteiger partial charge >= 0.3 is 6.20 Å². The molecule has 0 saturated heterocycles. The molecule has 1 aliphatic rings. The van der Waals surface area contributed by atoms with Crippen LogP contribution in [0.5, 0.6) is 0 Å². The third-order valence-corrected chi connectivity index (χ3v) is 3.32. The summed E-state index contributed by atoms with van der Waals surface area (Å²) in [5.74, 6) is 0.359. The van der Waals surface area contributed by atoms with E-state index in [-0.39, 0.29) is 23.7 Å². The van der Waals surface area contributed by atoms with Crippen molar-refractivity contribution < 1.29 is 9.84 Å². The molecule has 1 saturated carbocycles. The Morgan fingerprint density at radius 2 is 2.25 bits per heavy atom. The summed E-state index contributed by atoms with van der Waals surface area (Å²) in [6.45, 7) is 3.75. The van der Waals surface area contributed by atoms with Gasteiger partial charge in [-0.25, -0.2) is 0 Å². The van der Waals surface area contributed by atoms with E-state index in [1.807, 2.05) is 0 Å². The summed E-state index contributed by atoms with van der Waals surface area (Å²) in [4.78, 5) is 2.88. The first-order chi connectivity index (χ1) is 7.74. The number of methoxy groups -OCH3 is 1. The highest BCUT2D eigenvalue weighted by molar-refractivity contribution is 5.06. The summed E-state index contributed by atoms with van der Waals surface area (Å²) in [6, 6.07) is 0. The van der Waals surface area contributed by atoms with Gasteiger partial charge in [0.25, 0.3) is 0 Å². The maximum Gasteiger partial charge on any atom is 0.387 e. The van der Waals surface area contributed by atoms with Crippen molar-refractivity contribution in [3.63, 3.8) is 0 Å². The molecular formula is C12H19N2O2+. The van der Waals surface area contributed by atoms with E-state index in [1.54, 1.807) is 13.2 Å². The van der Waals surface area contributed by atoms with Crippen molar-refractivity contribution in [1.29, 1.82) is 5.39 Å². The zero-order valence-electron chi connectivity index (χ0n) is 9.67. The maximum absolute atomic E-state index is 9.80. The lowest BCUT2D eigenvalue weighted by atomic mass is 9.75. The molecule has 0 amide bonds. The van der Waals surface area contributed by atoms with Gasteiger partial charge in [-0.2, -0.15) is 0 Å². The van der Waals surface area contributed by atoms with Crippen LogP contribution < -0.4 is 0 Å². The number of ether oxygens (including phenoxy) is 1. The summed E-state index contributed by atoms with van der Waals surface area (Å²) in [5.41, 5.74) is 0. The summed E-state index contributed by atoms with van der Waals surface area (Å²) in [7, 11) is 1.65. The maximum atomic E-state index is 9.80. The number of rotatable bonds is 4. The molecule has 1 rings (SSSR count). The van der Waals surface area contributed by atoms with E-state index >= 15 is 0 Å². The van der Waals surface area contributed by atoms with Gasteiger partial charge < -0.3 is 9.84 Å². The Labute approximate surface area is 96.2 Å². The van der Waals surface area contributed by atoms with Crippen LogP contribution in [0.2, 0.25) is 0 Å². The Kier molecular flexibility index (Phi) is 5.00. The summed E-state index contributed by atoms with van der Waals surface area (Å²) < 4.78 is 5.35. The van der Waals surface area contributed by atoms with Crippen LogP contribution in [0.25, 0.3) is 4.98 Å². The Morgan fingerprint density at radius 3 is 2.81 bits per heavy atom. The fourth-order valence-corrected chi connectivity index (χ4v) is 2.52. The average Bonchev–Trinajstić information content (AvgIpc) is 2.31. The molecule has 0 unspecified atom stereocenters. The lowest BCUT2D eigenvalue weighted by Crippen LogP contribution is -2.31. The van der Waals surface area contributed by atoms with Crippen molar-refractivity contribution in [2.45, 2.75) is 31.8 Å². The molecule has 1 N–H and O–H groups in total. The first-order valence-electron chi connectivity index (χ1n) is 5.63. The van der Waals surface area contributed by atoms with E-state index in [4.69, 9.17) is 10.1 Å². The Morgan fingerprint density at radius 1 is 1.56 bits per heavy atom. The highest BCUT2D eigenvalue weighted by Crippen LogP contribution is 2.37. The third kappa shape index (κ3) is 2.83. The van der Waals surface area contributed by atoms with Crippen molar-refractivity contribution in [2.24, 2.45) is 11.8 Å². The van der Waals surface area contributed by atoms with E-state index in [1.165, 1.54) is 0 Å². The predicted molar refractivity (Wildman–Crippen MR) is 62.2 cm³/mol. The molecule has 3 atom stereocenters. The molecule has 1 aliphatic carbocycles. The first kappa shape index (κ1) is 12.7. The quantitative estimate of drug-likeness (QED) is 0.452. The highest BCUT2D eigenvalue weighted by Gasteiger charge is 2.34. The van der Waals surface area contributed by atoms with Crippen molar-refractivity contribution in [1.82, 2.24) is 0 Å². The Hall–Kier alpha value is -1.34. The summed E-state index contributed by atoms with van der Waals surface area (Å²) >= 11 is 0. The molecule has 88 valence electrons. The van der Waals surface area contributed by atoms with Crippen molar-refractivity contribution in [3.8, 4) is 0 Å². The molecule has 0 aromatic carbocycles. The number of hydrogen-bond donors (Lipinski definition) is 1. The molecule has 0 bridgehead atoms. The van der Waals surface area contributed by atoms with Gasteiger partial charge in [-0.05, 0) is 18.8 Å². The largest absolute Gasteiger partial charge is 0.505 e. The molecular weight excluding hydrogens is 204 g/mol. The zero-order valence-corrected chi connectivity index (χ0v) is 9.67. The molecule has 16 heavy (non-hydrogen) atoms. The minimum atomic E-state index is -0.0560. The van der Waals surface area contributed by atoms with E-state index in [9.17, 15) is 5.11 Å². The second-order valence-electron chi connectivity index (χ2n) is 4.16. The van der Waals surface area contributed by atoms with E-state index in [0.29, 0.717) is 0 Å². The van der Waals surface area contributed by atoms with Gasteiger partial charge in [-0.15, -0.1) is 6.58 Å². The number of aliphatic hydroxyl groups is 1. The monoisotopic (exact) mass is 223 g/mol. The molecule has 0 aromatic rings. The minimum absolute atomic E-state index is 0.00704. The first-order valence-corrected chi connectivity index (χ1v) is 5.63. The van der Waals surface area contributed by atoms with E-state index < -0.39 is 0 Å². The normalized spacial score (nSPS) is 28.1. The van der Waals surface area contributed by atoms with Crippen molar-refractivity contribution in [3.05, 3.63) is 29.6 Å². The van der Waals surface area contributed by atoms with Crippen LogP contribution in [0.4, 0.5) is 0 Å². The number of nitrogens with zero attached hydrogens (tertiary/aromatic N) is 2. The van der Waals surface area contributed by atoms with Crippen molar-refractivity contribution in [2.75, 3.05) is 7.11 Å². The molecule has 1 fully saturated rings. The highest BCUT2D eigenvalue weighted by atomic mass is 16.5. The standard InChI is InChI=1S/C12H18N2O2/c1-3-12(16-2)10-7-5-4-6-9(10)11(15)8-14-13/h3,8-10,12H,1,4-7H2,2H3/p+1/b11-8-/t9-,10-,12-/m0/s1. The smallest absolute Gasteiger partial charge is 0.387 e. The fourth-order valence-electron chi connectivity index (χ4n) is 2.52. The average molecular weight is 223 g/mol. The summed E-state index contributed by atoms with van der Waals surface area (Å²) in [5, 5.41) is 18.2. The Balaban J connectivity index is 2.82. The lowest BCUT2D eigenvalue weighted by Gasteiger charge is -2.33.